The number of esters is 1. The third-order valence-corrected chi connectivity index (χ3v) is 8.34. The fraction of sp³-hybridized carbons (Fsp3) is 0.522. The van der Waals surface area contributed by atoms with Gasteiger partial charge in [0.15, 0.2) is 0 Å². The number of rotatable bonds is 8. The molecule has 0 unspecified atom stereocenters. The highest BCUT2D eigenvalue weighted by Crippen LogP contribution is 2.39. The lowest BCUT2D eigenvalue weighted by molar-refractivity contribution is 0.0600. The van der Waals surface area contributed by atoms with E-state index >= 15 is 0 Å². The van der Waals surface area contributed by atoms with Crippen molar-refractivity contribution in [1.29, 1.82) is 0 Å². The first-order chi connectivity index (χ1) is 16.1. The minimum absolute atomic E-state index is 0.0176. The first kappa shape index (κ1) is 26.1. The van der Waals surface area contributed by atoms with E-state index in [-0.39, 0.29) is 41.2 Å². The van der Waals surface area contributed by atoms with Gasteiger partial charge in [0.25, 0.3) is 0 Å². The van der Waals surface area contributed by atoms with E-state index in [1.165, 1.54) is 24.5 Å². The summed E-state index contributed by atoms with van der Waals surface area (Å²) in [6.45, 7) is 5.54. The maximum absolute atomic E-state index is 12.9. The Morgan fingerprint density at radius 3 is 2.53 bits per heavy atom. The zero-order valence-corrected chi connectivity index (χ0v) is 21.4. The number of sulfonamides is 1. The van der Waals surface area contributed by atoms with Crippen molar-refractivity contribution in [2.45, 2.75) is 69.4 Å². The van der Waals surface area contributed by atoms with Crippen LogP contribution in [0, 0.1) is 0 Å². The van der Waals surface area contributed by atoms with Crippen molar-refractivity contribution >= 4 is 33.4 Å². The Bertz CT molecular complexity index is 1120. The van der Waals surface area contributed by atoms with Crippen LogP contribution in [0.1, 0.15) is 67.7 Å². The smallest absolute Gasteiger partial charge is 0.407 e. The van der Waals surface area contributed by atoms with E-state index < -0.39 is 16.0 Å². The van der Waals surface area contributed by atoms with Gasteiger partial charge in [0.1, 0.15) is 0 Å². The van der Waals surface area contributed by atoms with Crippen molar-refractivity contribution in [1.82, 2.24) is 15.0 Å². The number of aromatic nitrogens is 1. The number of ether oxygens (including phenoxy) is 2. The van der Waals surface area contributed by atoms with Crippen LogP contribution in [0.3, 0.4) is 0 Å². The summed E-state index contributed by atoms with van der Waals surface area (Å²) in [5.74, 6) is -0.367. The summed E-state index contributed by atoms with van der Waals surface area (Å²) >= 11 is 1.45. The van der Waals surface area contributed by atoms with Gasteiger partial charge < -0.3 is 14.8 Å². The lowest BCUT2D eigenvalue weighted by Crippen LogP contribution is -2.38. The van der Waals surface area contributed by atoms with Gasteiger partial charge in [-0.2, -0.15) is 0 Å². The van der Waals surface area contributed by atoms with Crippen molar-refractivity contribution in [3.63, 3.8) is 0 Å². The number of thiazole rings is 1. The summed E-state index contributed by atoms with van der Waals surface area (Å²) < 4.78 is 38.1. The molecule has 11 heteroatoms. The molecule has 9 nitrogen and oxygen atoms in total. The maximum atomic E-state index is 12.9. The van der Waals surface area contributed by atoms with Crippen LogP contribution in [0.15, 0.2) is 29.3 Å². The molecule has 0 atom stereocenters. The molecule has 1 fully saturated rings. The molecule has 0 radical (unpaired) electrons. The van der Waals surface area contributed by atoms with Crippen LogP contribution in [-0.4, -0.2) is 51.3 Å². The summed E-state index contributed by atoms with van der Waals surface area (Å²) in [7, 11) is -2.58. The molecule has 0 aliphatic heterocycles. The molecule has 1 aromatic carbocycles. The number of nitrogens with zero attached hydrogens (tertiary/aromatic N) is 1. The largest absolute Gasteiger partial charge is 0.465 e. The maximum Gasteiger partial charge on any atom is 0.407 e. The van der Waals surface area contributed by atoms with Crippen molar-refractivity contribution in [3.8, 4) is 10.4 Å². The van der Waals surface area contributed by atoms with Gasteiger partial charge >= 0.3 is 12.1 Å². The molecule has 3 rings (SSSR count). The Hall–Kier alpha value is -2.50. The quantitative estimate of drug-likeness (QED) is 0.514. The third kappa shape index (κ3) is 6.34. The van der Waals surface area contributed by atoms with Crippen molar-refractivity contribution < 1.29 is 27.5 Å². The fourth-order valence-corrected chi connectivity index (χ4v) is 6.44. The van der Waals surface area contributed by atoms with Gasteiger partial charge in [-0.05, 0) is 51.7 Å². The molecule has 0 spiro atoms. The number of methoxy groups -OCH3 is 1. The number of hydrogen-bond donors (Lipinski definition) is 2. The van der Waals surface area contributed by atoms with Gasteiger partial charge in [0, 0.05) is 30.3 Å². The second kappa shape index (κ2) is 11.3. The molecule has 1 aromatic heterocycles. The first-order valence-electron chi connectivity index (χ1n) is 11.3. The zero-order chi connectivity index (χ0) is 24.9. The average Bonchev–Trinajstić information content (AvgIpc) is 3.28. The van der Waals surface area contributed by atoms with Crippen LogP contribution in [0.5, 0.6) is 0 Å². The predicted molar refractivity (Wildman–Crippen MR) is 130 cm³/mol. The number of hydrogen-bond acceptors (Lipinski definition) is 8. The minimum atomic E-state index is -3.83. The highest BCUT2D eigenvalue weighted by atomic mass is 32.2. The predicted octanol–water partition coefficient (Wildman–Crippen LogP) is 4.06. The van der Waals surface area contributed by atoms with Crippen LogP contribution in [0.4, 0.5) is 4.79 Å². The molecule has 186 valence electrons. The molecule has 2 N–H and O–H groups in total. The Morgan fingerprint density at radius 1 is 1.21 bits per heavy atom. The van der Waals surface area contributed by atoms with Crippen molar-refractivity contribution in [2.75, 3.05) is 13.7 Å². The molecule has 34 heavy (non-hydrogen) atoms. The Labute approximate surface area is 204 Å². The second-order valence-electron chi connectivity index (χ2n) is 8.41. The molecule has 0 bridgehead atoms. The number of amides is 1. The molecule has 1 saturated carbocycles. The van der Waals surface area contributed by atoms with E-state index in [1.54, 1.807) is 25.3 Å². The summed E-state index contributed by atoms with van der Waals surface area (Å²) in [5.41, 5.74) is 0.651. The van der Waals surface area contributed by atoms with Gasteiger partial charge in [-0.25, -0.2) is 27.7 Å². The normalized spacial score (nSPS) is 18.5. The van der Waals surface area contributed by atoms with Gasteiger partial charge in [-0.15, -0.1) is 11.3 Å². The highest BCUT2D eigenvalue weighted by Gasteiger charge is 2.27. The van der Waals surface area contributed by atoms with E-state index in [0.717, 1.165) is 30.7 Å². The lowest BCUT2D eigenvalue weighted by Gasteiger charge is -2.28. The number of benzene rings is 1. The van der Waals surface area contributed by atoms with Crippen LogP contribution in [-0.2, 0) is 19.5 Å². The molecule has 0 saturated heterocycles. The van der Waals surface area contributed by atoms with Crippen LogP contribution in [0.25, 0.3) is 10.4 Å². The average molecular weight is 510 g/mol. The standard InChI is InChI=1S/C23H31N3O6S2/c1-5-25-34(29,30)20-12-16(22(27)31-4)8-11-18(20)19-13-24-21(33-19)15-6-9-17(10-7-15)26-23(28)32-14(2)3/h8,11-15,17,25H,5-7,9-10H2,1-4H3,(H,26,28)/t15-,17-. The molecule has 1 aliphatic rings. The second-order valence-corrected chi connectivity index (χ2v) is 11.2. The van der Waals surface area contributed by atoms with Gasteiger partial charge in [-0.1, -0.05) is 13.0 Å². The minimum Gasteiger partial charge on any atom is -0.465 e. The van der Waals surface area contributed by atoms with E-state index in [2.05, 4.69) is 15.0 Å². The Balaban J connectivity index is 1.78. The third-order valence-electron chi connectivity index (χ3n) is 5.56. The van der Waals surface area contributed by atoms with Gasteiger partial charge in [0.2, 0.25) is 10.0 Å². The zero-order valence-electron chi connectivity index (χ0n) is 19.8. The van der Waals surface area contributed by atoms with E-state index in [1.807, 2.05) is 13.8 Å². The molecular formula is C23H31N3O6S2. The number of nitrogens with one attached hydrogen (secondary N) is 2. The fourth-order valence-electron chi connectivity index (χ4n) is 3.96. The van der Waals surface area contributed by atoms with Crippen molar-refractivity contribution in [3.05, 3.63) is 35.0 Å². The SMILES string of the molecule is CCNS(=O)(=O)c1cc(C(=O)OC)ccc1-c1cnc([C@H]2CC[C@H](NC(=O)OC(C)C)CC2)s1. The lowest BCUT2D eigenvalue weighted by atomic mass is 9.86. The topological polar surface area (TPSA) is 124 Å². The molecule has 2 aromatic rings. The molecule has 1 aliphatic carbocycles. The highest BCUT2D eigenvalue weighted by molar-refractivity contribution is 7.89. The van der Waals surface area contributed by atoms with Crippen molar-refractivity contribution in [2.24, 2.45) is 0 Å². The van der Waals surface area contributed by atoms with E-state index in [0.29, 0.717) is 10.4 Å². The Kier molecular flexibility index (Phi) is 8.67. The number of alkyl carbamates (subject to hydrolysis) is 1. The van der Waals surface area contributed by atoms with E-state index in [9.17, 15) is 18.0 Å². The summed E-state index contributed by atoms with van der Waals surface area (Å²) in [4.78, 5) is 29.1. The first-order valence-corrected chi connectivity index (χ1v) is 13.6. The molecular weight excluding hydrogens is 478 g/mol. The summed E-state index contributed by atoms with van der Waals surface area (Å²) in [5, 5.41) is 3.85. The number of carbonyl (C=O) groups excluding carboxylic acids is 2. The van der Waals surface area contributed by atoms with Gasteiger partial charge in [-0.3, -0.25) is 0 Å². The monoisotopic (exact) mass is 509 g/mol. The summed E-state index contributed by atoms with van der Waals surface area (Å²) in [6.07, 6.45) is 4.50. The van der Waals surface area contributed by atoms with Crippen LogP contribution < -0.4 is 10.0 Å². The van der Waals surface area contributed by atoms with E-state index in [4.69, 9.17) is 9.47 Å². The molecule has 1 heterocycles. The van der Waals surface area contributed by atoms with Gasteiger partial charge in [0.05, 0.1) is 33.6 Å². The number of carbonyl (C=O) groups is 2. The summed E-state index contributed by atoms with van der Waals surface area (Å²) in [6, 6.07) is 4.59. The van der Waals surface area contributed by atoms with Crippen LogP contribution in [0.2, 0.25) is 0 Å². The van der Waals surface area contributed by atoms with Crippen LogP contribution >= 0.6 is 11.3 Å². The molecule has 1 amide bonds. The Morgan fingerprint density at radius 2 is 1.91 bits per heavy atom.